The monoisotopic (exact) mass is 338 g/mol. The second kappa shape index (κ2) is 12.4. The Hall–Kier alpha value is 0. The minimum absolute atomic E-state index is 0.828. The van der Waals surface area contributed by atoms with Crippen LogP contribution in [0.15, 0.2) is 0 Å². The van der Waals surface area contributed by atoms with E-state index in [4.69, 9.17) is 0 Å². The summed E-state index contributed by atoms with van der Waals surface area (Å²) in [4.78, 5) is 0. The Labute approximate surface area is 155 Å². The molecule has 0 nitrogen and oxygen atoms in total. The highest BCUT2D eigenvalue weighted by Crippen LogP contribution is 2.37. The van der Waals surface area contributed by atoms with Crippen LogP contribution in [0.4, 0.5) is 0 Å². The molecular formula is C24H50. The van der Waals surface area contributed by atoms with Gasteiger partial charge >= 0.3 is 0 Å². The van der Waals surface area contributed by atoms with E-state index in [0.29, 0.717) is 0 Å². The van der Waals surface area contributed by atoms with Crippen molar-refractivity contribution in [3.63, 3.8) is 0 Å². The van der Waals surface area contributed by atoms with Gasteiger partial charge in [-0.2, -0.15) is 0 Å². The summed E-state index contributed by atoms with van der Waals surface area (Å²) in [5.41, 5.74) is 0. The maximum Gasteiger partial charge on any atom is -0.0383 e. The Morgan fingerprint density at radius 1 is 0.417 bits per heavy atom. The first-order valence-electron chi connectivity index (χ1n) is 11.1. The quantitative estimate of drug-likeness (QED) is 0.316. The average Bonchev–Trinajstić information content (AvgIpc) is 2.48. The zero-order valence-corrected chi connectivity index (χ0v) is 18.9. The molecule has 0 aromatic rings. The minimum Gasteiger partial charge on any atom is -0.0651 e. The fourth-order valence-corrected chi connectivity index (χ4v) is 4.74. The van der Waals surface area contributed by atoms with Crippen molar-refractivity contribution in [2.75, 3.05) is 0 Å². The molecule has 0 aromatic heterocycles. The van der Waals surface area contributed by atoms with Crippen LogP contribution in [0.5, 0.6) is 0 Å². The third kappa shape index (κ3) is 9.47. The van der Waals surface area contributed by atoms with Gasteiger partial charge in [0, 0.05) is 0 Å². The van der Waals surface area contributed by atoms with Crippen LogP contribution in [0, 0.1) is 47.3 Å². The van der Waals surface area contributed by atoms with E-state index in [2.05, 4.69) is 69.2 Å². The predicted octanol–water partition coefficient (Wildman–Crippen LogP) is 8.46. The van der Waals surface area contributed by atoms with Gasteiger partial charge in [-0.25, -0.2) is 0 Å². The van der Waals surface area contributed by atoms with Crippen LogP contribution in [0.1, 0.15) is 108 Å². The lowest BCUT2D eigenvalue weighted by Crippen LogP contribution is -2.25. The van der Waals surface area contributed by atoms with Crippen LogP contribution in [0.2, 0.25) is 0 Å². The van der Waals surface area contributed by atoms with E-state index in [9.17, 15) is 0 Å². The summed E-state index contributed by atoms with van der Waals surface area (Å²) in [6, 6.07) is 0. The lowest BCUT2D eigenvalue weighted by molar-refractivity contribution is 0.158. The van der Waals surface area contributed by atoms with Gasteiger partial charge in [0.2, 0.25) is 0 Å². The van der Waals surface area contributed by atoms with Crippen molar-refractivity contribution in [1.29, 1.82) is 0 Å². The largest absolute Gasteiger partial charge is 0.0651 e. The minimum atomic E-state index is 0.828. The van der Waals surface area contributed by atoms with Gasteiger partial charge in [0.1, 0.15) is 0 Å². The standard InChI is InChI=1S/C24H50/c1-11-19(7)20(8)15-24(22(10)14-18(5)6)16-23(12-2)21(9)13-17(3)4/h17-24H,11-16H2,1-10H3/t19?,20?,21?,22-,23?,24?/m0/s1. The third-order valence-electron chi connectivity index (χ3n) is 6.72. The smallest absolute Gasteiger partial charge is 0.0383 e. The summed E-state index contributed by atoms with van der Waals surface area (Å²) in [6.45, 7) is 24.3. The zero-order valence-electron chi connectivity index (χ0n) is 18.9. The highest BCUT2D eigenvalue weighted by molar-refractivity contribution is 4.78. The first kappa shape index (κ1) is 24.0. The van der Waals surface area contributed by atoms with Crippen LogP contribution in [0.25, 0.3) is 0 Å². The topological polar surface area (TPSA) is 0 Å². The lowest BCUT2D eigenvalue weighted by Gasteiger charge is -2.35. The highest BCUT2D eigenvalue weighted by Gasteiger charge is 2.27. The van der Waals surface area contributed by atoms with Gasteiger partial charge in [-0.15, -0.1) is 0 Å². The van der Waals surface area contributed by atoms with Gasteiger partial charge in [-0.3, -0.25) is 0 Å². The Morgan fingerprint density at radius 2 is 0.875 bits per heavy atom. The third-order valence-corrected chi connectivity index (χ3v) is 6.72. The fourth-order valence-electron chi connectivity index (χ4n) is 4.74. The van der Waals surface area contributed by atoms with Crippen molar-refractivity contribution in [2.24, 2.45) is 47.3 Å². The molecule has 0 aromatic carbocycles. The zero-order chi connectivity index (χ0) is 18.9. The van der Waals surface area contributed by atoms with Crippen LogP contribution in [0.3, 0.4) is 0 Å². The molecular weight excluding hydrogens is 288 g/mol. The molecule has 0 heteroatoms. The molecule has 0 spiro atoms. The first-order valence-corrected chi connectivity index (χ1v) is 11.1. The summed E-state index contributed by atoms with van der Waals surface area (Å²) in [5, 5.41) is 0. The van der Waals surface area contributed by atoms with Gasteiger partial charge in [-0.05, 0) is 73.0 Å². The summed E-state index contributed by atoms with van der Waals surface area (Å²) < 4.78 is 0. The molecule has 0 amide bonds. The average molecular weight is 339 g/mol. The van der Waals surface area contributed by atoms with Crippen molar-refractivity contribution < 1.29 is 0 Å². The predicted molar refractivity (Wildman–Crippen MR) is 112 cm³/mol. The Bertz CT molecular complexity index is 290. The van der Waals surface area contributed by atoms with Crippen molar-refractivity contribution >= 4 is 0 Å². The van der Waals surface area contributed by atoms with E-state index < -0.39 is 0 Å². The Kier molecular flexibility index (Phi) is 12.4. The Morgan fingerprint density at radius 3 is 1.25 bits per heavy atom. The molecule has 0 aliphatic carbocycles. The summed E-state index contributed by atoms with van der Waals surface area (Å²) >= 11 is 0. The molecule has 146 valence electrons. The van der Waals surface area contributed by atoms with E-state index in [0.717, 1.165) is 47.3 Å². The van der Waals surface area contributed by atoms with Crippen molar-refractivity contribution in [2.45, 2.75) is 108 Å². The lowest BCUT2D eigenvalue weighted by atomic mass is 9.71. The molecule has 0 bridgehead atoms. The number of hydrogen-bond acceptors (Lipinski definition) is 0. The van der Waals surface area contributed by atoms with Gasteiger partial charge in [0.25, 0.3) is 0 Å². The fraction of sp³-hybridized carbons (Fsp3) is 1.00. The molecule has 0 fully saturated rings. The molecule has 0 aliphatic heterocycles. The van der Waals surface area contributed by atoms with E-state index in [1.54, 1.807) is 0 Å². The van der Waals surface area contributed by atoms with E-state index in [1.165, 1.54) is 38.5 Å². The highest BCUT2D eigenvalue weighted by atomic mass is 14.3. The molecule has 24 heavy (non-hydrogen) atoms. The van der Waals surface area contributed by atoms with Crippen molar-refractivity contribution in [3.8, 4) is 0 Å². The normalized spacial score (nSPS) is 20.0. The van der Waals surface area contributed by atoms with Crippen molar-refractivity contribution in [1.82, 2.24) is 0 Å². The molecule has 0 aliphatic rings. The molecule has 0 N–H and O–H groups in total. The number of rotatable bonds is 13. The summed E-state index contributed by atoms with van der Waals surface area (Å²) in [6.07, 6.45) is 8.37. The Balaban J connectivity index is 5.00. The van der Waals surface area contributed by atoms with Gasteiger partial charge in [0.05, 0.1) is 0 Å². The molecule has 6 atom stereocenters. The first-order chi connectivity index (χ1) is 11.1. The molecule has 0 saturated carbocycles. The van der Waals surface area contributed by atoms with E-state index in [1.807, 2.05) is 0 Å². The van der Waals surface area contributed by atoms with E-state index in [-0.39, 0.29) is 0 Å². The molecule has 0 radical (unpaired) electrons. The van der Waals surface area contributed by atoms with Gasteiger partial charge in [-0.1, -0.05) is 82.1 Å². The maximum atomic E-state index is 2.54. The van der Waals surface area contributed by atoms with Gasteiger partial charge < -0.3 is 0 Å². The van der Waals surface area contributed by atoms with Crippen molar-refractivity contribution in [3.05, 3.63) is 0 Å². The molecule has 0 heterocycles. The van der Waals surface area contributed by atoms with Crippen LogP contribution >= 0.6 is 0 Å². The maximum absolute atomic E-state index is 2.54. The summed E-state index contributed by atoms with van der Waals surface area (Å²) in [7, 11) is 0. The second-order valence-electron chi connectivity index (χ2n) is 9.98. The summed E-state index contributed by atoms with van der Waals surface area (Å²) in [5.74, 6) is 6.97. The molecule has 0 rings (SSSR count). The van der Waals surface area contributed by atoms with Crippen LogP contribution in [-0.4, -0.2) is 0 Å². The second-order valence-corrected chi connectivity index (χ2v) is 9.98. The molecule has 0 saturated heterocycles. The van der Waals surface area contributed by atoms with Crippen LogP contribution in [-0.2, 0) is 0 Å². The van der Waals surface area contributed by atoms with E-state index >= 15 is 0 Å². The SMILES string of the molecule is CCC(C)C(C)CC(CC(CC)C(C)CC(C)C)[C@@H](C)CC(C)C. The molecule has 5 unspecified atom stereocenters. The van der Waals surface area contributed by atoms with Gasteiger partial charge in [0.15, 0.2) is 0 Å². The van der Waals surface area contributed by atoms with Crippen LogP contribution < -0.4 is 0 Å². The number of hydrogen-bond donors (Lipinski definition) is 0.